The van der Waals surface area contributed by atoms with E-state index in [-0.39, 0.29) is 19.0 Å². The van der Waals surface area contributed by atoms with Crippen molar-refractivity contribution in [2.45, 2.75) is 26.5 Å². The second-order valence-corrected chi connectivity index (χ2v) is 8.49. The molecule has 3 aromatic carbocycles. The van der Waals surface area contributed by atoms with Gasteiger partial charge in [-0.25, -0.2) is 13.9 Å². The molecule has 0 radical (unpaired) electrons. The molecule has 1 atom stereocenters. The number of anilines is 1. The Hall–Kier alpha value is -4.66. The van der Waals surface area contributed by atoms with Crippen LogP contribution in [0, 0.1) is 5.82 Å². The summed E-state index contributed by atoms with van der Waals surface area (Å²) in [6.07, 6.45) is 1.44. The smallest absolute Gasteiger partial charge is 0.338 e. The van der Waals surface area contributed by atoms with Crippen LogP contribution in [-0.2, 0) is 16.1 Å². The Kier molecular flexibility index (Phi) is 7.35. The van der Waals surface area contributed by atoms with Crippen molar-refractivity contribution in [3.8, 4) is 11.5 Å². The number of rotatable bonds is 9. The van der Waals surface area contributed by atoms with Gasteiger partial charge in [0, 0.05) is 0 Å². The van der Waals surface area contributed by atoms with Gasteiger partial charge in [0.15, 0.2) is 11.5 Å². The summed E-state index contributed by atoms with van der Waals surface area (Å²) in [5.74, 6) is 0.772. The maximum atomic E-state index is 13.4. The van der Waals surface area contributed by atoms with Gasteiger partial charge in [-0.3, -0.25) is 0 Å². The average Bonchev–Trinajstić information content (AvgIpc) is 3.41. The Morgan fingerprint density at radius 2 is 1.76 bits per heavy atom. The highest BCUT2D eigenvalue weighted by Crippen LogP contribution is 2.41. The van der Waals surface area contributed by atoms with Gasteiger partial charge in [-0.2, -0.15) is 10.1 Å². The zero-order valence-electron chi connectivity index (χ0n) is 21.1. The van der Waals surface area contributed by atoms with Crippen molar-refractivity contribution in [1.29, 1.82) is 0 Å². The van der Waals surface area contributed by atoms with Gasteiger partial charge >= 0.3 is 5.97 Å². The summed E-state index contributed by atoms with van der Waals surface area (Å²) in [6, 6.07) is 20.6. The molecule has 2 heterocycles. The van der Waals surface area contributed by atoms with Crippen LogP contribution in [0.4, 0.5) is 10.3 Å². The Morgan fingerprint density at radius 3 is 2.50 bits per heavy atom. The van der Waals surface area contributed by atoms with Gasteiger partial charge in [0.05, 0.1) is 24.5 Å². The summed E-state index contributed by atoms with van der Waals surface area (Å²) in [5.41, 5.74) is 3.39. The van der Waals surface area contributed by atoms with Crippen LogP contribution in [0.1, 0.15) is 36.6 Å². The summed E-state index contributed by atoms with van der Waals surface area (Å²) in [7, 11) is 0. The molecule has 0 spiro atoms. The molecule has 1 aliphatic heterocycles. The summed E-state index contributed by atoms with van der Waals surface area (Å²) >= 11 is 0. The zero-order chi connectivity index (χ0) is 26.5. The van der Waals surface area contributed by atoms with E-state index in [0.29, 0.717) is 35.3 Å². The van der Waals surface area contributed by atoms with Gasteiger partial charge in [0.1, 0.15) is 24.8 Å². The molecule has 8 nitrogen and oxygen atoms in total. The van der Waals surface area contributed by atoms with Crippen LogP contribution in [0.3, 0.4) is 0 Å². The number of hydrogen-bond acceptors (Lipinski definition) is 7. The van der Waals surface area contributed by atoms with E-state index in [1.807, 2.05) is 49.4 Å². The predicted octanol–water partition coefficient (Wildman–Crippen LogP) is 5.38. The van der Waals surface area contributed by atoms with Crippen LogP contribution in [0.25, 0.3) is 5.70 Å². The van der Waals surface area contributed by atoms with Crippen LogP contribution >= 0.6 is 0 Å². The van der Waals surface area contributed by atoms with Crippen LogP contribution < -0.4 is 14.8 Å². The normalized spacial score (nSPS) is 14.4. The number of nitrogens with zero attached hydrogens (tertiary/aromatic N) is 3. The maximum absolute atomic E-state index is 13.4. The lowest BCUT2D eigenvalue weighted by Gasteiger charge is -2.30. The first-order valence-electron chi connectivity index (χ1n) is 12.4. The van der Waals surface area contributed by atoms with Crippen molar-refractivity contribution in [3.05, 3.63) is 107 Å². The first kappa shape index (κ1) is 25.0. The molecule has 0 amide bonds. The number of carbonyl (C=O) groups excluding carboxylic acids is 1. The minimum absolute atomic E-state index is 0.224. The van der Waals surface area contributed by atoms with Gasteiger partial charge in [0.2, 0.25) is 5.95 Å². The van der Waals surface area contributed by atoms with E-state index in [4.69, 9.17) is 14.2 Å². The molecule has 0 saturated carbocycles. The Balaban J connectivity index is 1.58. The lowest BCUT2D eigenvalue weighted by atomic mass is 9.92. The Labute approximate surface area is 219 Å². The first-order chi connectivity index (χ1) is 18.6. The summed E-state index contributed by atoms with van der Waals surface area (Å²) in [5, 5.41) is 7.68. The number of carbonyl (C=O) groups is 1. The summed E-state index contributed by atoms with van der Waals surface area (Å²) < 4.78 is 32.4. The van der Waals surface area contributed by atoms with Crippen molar-refractivity contribution in [1.82, 2.24) is 14.8 Å². The molecule has 1 aromatic heterocycles. The first-order valence-corrected chi connectivity index (χ1v) is 12.4. The van der Waals surface area contributed by atoms with E-state index >= 15 is 0 Å². The third-order valence-corrected chi connectivity index (χ3v) is 6.05. The van der Waals surface area contributed by atoms with Crippen molar-refractivity contribution in [3.63, 3.8) is 0 Å². The molecule has 38 heavy (non-hydrogen) atoms. The number of hydrogen-bond donors (Lipinski definition) is 1. The molecule has 5 rings (SSSR count). The molecule has 1 unspecified atom stereocenters. The molecule has 0 fully saturated rings. The summed E-state index contributed by atoms with van der Waals surface area (Å²) in [6.45, 7) is 4.53. The quantitative estimate of drug-likeness (QED) is 0.300. The molecule has 0 bridgehead atoms. The van der Waals surface area contributed by atoms with Crippen LogP contribution in [0.15, 0.2) is 84.7 Å². The molecular formula is C29H27FN4O4. The highest BCUT2D eigenvalue weighted by atomic mass is 19.1. The predicted molar refractivity (Wildman–Crippen MR) is 140 cm³/mol. The number of halogens is 1. The van der Waals surface area contributed by atoms with Gasteiger partial charge in [-0.1, -0.05) is 48.5 Å². The van der Waals surface area contributed by atoms with Crippen molar-refractivity contribution in [2.24, 2.45) is 0 Å². The van der Waals surface area contributed by atoms with Gasteiger partial charge < -0.3 is 19.5 Å². The van der Waals surface area contributed by atoms with Crippen LogP contribution in [-0.4, -0.2) is 33.9 Å². The molecule has 194 valence electrons. The monoisotopic (exact) mass is 514 g/mol. The Bertz CT molecular complexity index is 1450. The lowest BCUT2D eigenvalue weighted by Crippen LogP contribution is -2.30. The van der Waals surface area contributed by atoms with Crippen LogP contribution in [0.5, 0.6) is 11.5 Å². The van der Waals surface area contributed by atoms with Crippen LogP contribution in [0.2, 0.25) is 0 Å². The van der Waals surface area contributed by atoms with E-state index in [9.17, 15) is 9.18 Å². The second kappa shape index (κ2) is 11.2. The standard InChI is InChI=1S/C29H27FN4O4/c1-3-36-24-16-21(12-15-23(24)38-17-19-10-13-22(30)14-11-19)27-25(28(35)37-4-2)26(20-8-6-5-7-9-20)33-29-31-18-32-34(27)29/h5-16,18,27H,3-4,17H2,1-2H3,(H,31,32,33). The summed E-state index contributed by atoms with van der Waals surface area (Å²) in [4.78, 5) is 17.8. The highest BCUT2D eigenvalue weighted by Gasteiger charge is 2.36. The SMILES string of the molecule is CCOC(=O)C1=C(c2ccccc2)Nc2ncnn2C1c1ccc(OCc2ccc(F)cc2)c(OCC)c1. The Morgan fingerprint density at radius 1 is 0.974 bits per heavy atom. The maximum Gasteiger partial charge on any atom is 0.338 e. The van der Waals surface area contributed by atoms with Crippen molar-refractivity contribution >= 4 is 17.6 Å². The van der Waals surface area contributed by atoms with E-state index in [2.05, 4.69) is 15.4 Å². The number of ether oxygens (including phenoxy) is 3. The van der Waals surface area contributed by atoms with Gasteiger partial charge in [-0.15, -0.1) is 0 Å². The lowest BCUT2D eigenvalue weighted by molar-refractivity contribution is -0.138. The molecule has 9 heteroatoms. The third kappa shape index (κ3) is 5.08. The minimum atomic E-state index is -0.631. The van der Waals surface area contributed by atoms with E-state index < -0.39 is 12.0 Å². The number of fused-ring (bicyclic) bond motifs is 1. The molecule has 0 saturated heterocycles. The molecule has 0 aliphatic carbocycles. The average molecular weight is 515 g/mol. The largest absolute Gasteiger partial charge is 0.490 e. The number of nitrogens with one attached hydrogen (secondary N) is 1. The number of aromatic nitrogens is 3. The van der Waals surface area contributed by atoms with E-state index in [0.717, 1.165) is 16.7 Å². The molecule has 1 N–H and O–H groups in total. The van der Waals surface area contributed by atoms with E-state index in [1.165, 1.54) is 18.5 Å². The van der Waals surface area contributed by atoms with Crippen molar-refractivity contribution < 1.29 is 23.4 Å². The third-order valence-electron chi connectivity index (χ3n) is 6.05. The fourth-order valence-electron chi connectivity index (χ4n) is 4.35. The van der Waals surface area contributed by atoms with Gasteiger partial charge in [0.25, 0.3) is 0 Å². The molecular weight excluding hydrogens is 487 g/mol. The number of esters is 1. The highest BCUT2D eigenvalue weighted by molar-refractivity contribution is 6.02. The number of benzene rings is 3. The van der Waals surface area contributed by atoms with E-state index in [1.54, 1.807) is 29.8 Å². The molecule has 4 aromatic rings. The molecule has 1 aliphatic rings. The van der Waals surface area contributed by atoms with Crippen molar-refractivity contribution in [2.75, 3.05) is 18.5 Å². The fraction of sp³-hybridized carbons (Fsp3) is 0.207. The van der Waals surface area contributed by atoms with Gasteiger partial charge in [-0.05, 0) is 54.8 Å². The fourth-order valence-corrected chi connectivity index (χ4v) is 4.35. The second-order valence-electron chi connectivity index (χ2n) is 8.49. The topological polar surface area (TPSA) is 87.5 Å². The zero-order valence-corrected chi connectivity index (χ0v) is 21.1. The minimum Gasteiger partial charge on any atom is -0.490 e.